The fourth-order valence-electron chi connectivity index (χ4n) is 1.54. The average molecular weight is 283 g/mol. The maximum absolute atomic E-state index is 11.9. The van der Waals surface area contributed by atoms with Crippen LogP contribution in [0.15, 0.2) is 30.3 Å². The summed E-state index contributed by atoms with van der Waals surface area (Å²) in [6.07, 6.45) is 1.80. The van der Waals surface area contributed by atoms with Gasteiger partial charge in [0.1, 0.15) is 0 Å². The third-order valence-electron chi connectivity index (χ3n) is 2.55. The zero-order valence-electron chi connectivity index (χ0n) is 10.2. The van der Waals surface area contributed by atoms with Crippen molar-refractivity contribution in [2.75, 3.05) is 0 Å². The van der Waals surface area contributed by atoms with Gasteiger partial charge in [-0.3, -0.25) is 4.79 Å². The molecule has 0 heterocycles. The highest BCUT2D eigenvalue weighted by atomic mass is 79.9. The van der Waals surface area contributed by atoms with Crippen LogP contribution in [0.1, 0.15) is 32.8 Å². The van der Waals surface area contributed by atoms with Gasteiger partial charge in [-0.15, -0.1) is 0 Å². The summed E-state index contributed by atoms with van der Waals surface area (Å²) in [4.78, 5) is 11.9. The van der Waals surface area contributed by atoms with E-state index in [1.54, 1.807) is 0 Å². The molecule has 1 unspecified atom stereocenters. The van der Waals surface area contributed by atoms with Crippen LogP contribution in [0.25, 0.3) is 0 Å². The fraction of sp³-hybridized carbons (Fsp3) is 0.500. The van der Waals surface area contributed by atoms with Gasteiger partial charge in [0.25, 0.3) is 0 Å². The molecule has 0 aliphatic heterocycles. The molecule has 1 aromatic rings. The number of Topliss-reactive ketones (excluding diaryl/α,β-unsaturated/α-hetero) is 1. The molecule has 16 heavy (non-hydrogen) atoms. The van der Waals surface area contributed by atoms with Crippen LogP contribution in [-0.4, -0.2) is 10.6 Å². The minimum atomic E-state index is -0.259. The van der Waals surface area contributed by atoms with Crippen LogP contribution in [0.4, 0.5) is 0 Å². The molecule has 2 heteroatoms. The zero-order valence-corrected chi connectivity index (χ0v) is 11.8. The van der Waals surface area contributed by atoms with Gasteiger partial charge in [0, 0.05) is 5.41 Å². The lowest BCUT2D eigenvalue weighted by atomic mass is 9.87. The molecule has 0 aliphatic carbocycles. The molecule has 0 fully saturated rings. The molecule has 0 saturated carbocycles. The van der Waals surface area contributed by atoms with Crippen LogP contribution in [0.2, 0.25) is 0 Å². The van der Waals surface area contributed by atoms with Crippen molar-refractivity contribution in [3.63, 3.8) is 0 Å². The summed E-state index contributed by atoms with van der Waals surface area (Å²) in [7, 11) is 0. The van der Waals surface area contributed by atoms with Crippen molar-refractivity contribution in [1.82, 2.24) is 0 Å². The molecule has 88 valence electrons. The van der Waals surface area contributed by atoms with Gasteiger partial charge in [-0.2, -0.15) is 0 Å². The number of hydrogen-bond acceptors (Lipinski definition) is 1. The predicted octanol–water partition coefficient (Wildman–Crippen LogP) is 4.00. The molecule has 0 aliphatic rings. The van der Waals surface area contributed by atoms with Gasteiger partial charge in [0.2, 0.25) is 0 Å². The molecule has 0 amide bonds. The van der Waals surface area contributed by atoms with Crippen molar-refractivity contribution in [2.24, 2.45) is 5.41 Å². The van der Waals surface area contributed by atoms with E-state index in [4.69, 9.17) is 0 Å². The Labute approximate surface area is 106 Å². The van der Waals surface area contributed by atoms with Crippen LogP contribution in [0, 0.1) is 5.41 Å². The highest BCUT2D eigenvalue weighted by Crippen LogP contribution is 2.23. The van der Waals surface area contributed by atoms with E-state index in [0.717, 1.165) is 12.8 Å². The molecule has 0 spiro atoms. The van der Waals surface area contributed by atoms with E-state index >= 15 is 0 Å². The van der Waals surface area contributed by atoms with Crippen molar-refractivity contribution >= 4 is 21.7 Å². The smallest absolute Gasteiger partial charge is 0.151 e. The summed E-state index contributed by atoms with van der Waals surface area (Å²) in [5, 5.41) is 0. The monoisotopic (exact) mass is 282 g/mol. The number of halogens is 1. The maximum Gasteiger partial charge on any atom is 0.151 e. The summed E-state index contributed by atoms with van der Waals surface area (Å²) in [5.41, 5.74) is 1.03. The Bertz CT molecular complexity index is 338. The number of carbonyl (C=O) groups excluding carboxylic acids is 1. The maximum atomic E-state index is 11.9. The average Bonchev–Trinajstić information content (AvgIpc) is 2.25. The largest absolute Gasteiger partial charge is 0.298 e. The Morgan fingerprint density at radius 3 is 2.31 bits per heavy atom. The highest BCUT2D eigenvalue weighted by molar-refractivity contribution is 9.10. The van der Waals surface area contributed by atoms with Gasteiger partial charge in [0.05, 0.1) is 4.83 Å². The number of aryl methyl sites for hydroxylation is 1. The van der Waals surface area contributed by atoms with Crippen LogP contribution in [0.3, 0.4) is 0 Å². The van der Waals surface area contributed by atoms with Crippen molar-refractivity contribution in [2.45, 2.75) is 38.4 Å². The Kier molecular flexibility index (Phi) is 4.72. The van der Waals surface area contributed by atoms with Crippen molar-refractivity contribution in [1.29, 1.82) is 0 Å². The van der Waals surface area contributed by atoms with Crippen molar-refractivity contribution < 1.29 is 4.79 Å². The van der Waals surface area contributed by atoms with E-state index in [0.29, 0.717) is 0 Å². The van der Waals surface area contributed by atoms with Crippen LogP contribution >= 0.6 is 15.9 Å². The molecule has 1 atom stereocenters. The van der Waals surface area contributed by atoms with E-state index in [-0.39, 0.29) is 16.0 Å². The number of rotatable bonds is 4. The third-order valence-corrected chi connectivity index (χ3v) is 3.43. The Morgan fingerprint density at radius 1 is 1.25 bits per heavy atom. The first-order chi connectivity index (χ1) is 7.41. The molecular formula is C14H19BrO. The summed E-state index contributed by atoms with van der Waals surface area (Å²) >= 11 is 3.49. The van der Waals surface area contributed by atoms with Crippen molar-refractivity contribution in [3.05, 3.63) is 35.9 Å². The lowest BCUT2D eigenvalue weighted by Crippen LogP contribution is -2.28. The van der Waals surface area contributed by atoms with E-state index in [2.05, 4.69) is 28.1 Å². The molecule has 0 saturated heterocycles. The summed E-state index contributed by atoms with van der Waals surface area (Å²) in [6.45, 7) is 5.89. The second-order valence-corrected chi connectivity index (χ2v) is 6.21. The SMILES string of the molecule is CC(C)(C)C(=O)C(Br)CCc1ccccc1. The lowest BCUT2D eigenvalue weighted by Gasteiger charge is -2.20. The number of alkyl halides is 1. The van der Waals surface area contributed by atoms with E-state index < -0.39 is 0 Å². The minimum absolute atomic E-state index is 0.0345. The van der Waals surface area contributed by atoms with Gasteiger partial charge < -0.3 is 0 Å². The molecule has 1 nitrogen and oxygen atoms in total. The van der Waals surface area contributed by atoms with E-state index in [9.17, 15) is 4.79 Å². The van der Waals surface area contributed by atoms with Gasteiger partial charge in [-0.05, 0) is 18.4 Å². The number of hydrogen-bond donors (Lipinski definition) is 0. The number of carbonyl (C=O) groups is 1. The van der Waals surface area contributed by atoms with Gasteiger partial charge >= 0.3 is 0 Å². The topological polar surface area (TPSA) is 17.1 Å². The highest BCUT2D eigenvalue weighted by Gasteiger charge is 2.27. The Balaban J connectivity index is 2.48. The van der Waals surface area contributed by atoms with E-state index in [1.165, 1.54) is 5.56 Å². The number of ketones is 1. The molecule has 0 aromatic heterocycles. The fourth-order valence-corrected chi connectivity index (χ4v) is 2.45. The Morgan fingerprint density at radius 2 is 1.81 bits per heavy atom. The van der Waals surface area contributed by atoms with Crippen LogP contribution in [-0.2, 0) is 11.2 Å². The van der Waals surface area contributed by atoms with Gasteiger partial charge in [-0.25, -0.2) is 0 Å². The third kappa shape index (κ3) is 4.09. The molecule has 0 bridgehead atoms. The molecule has 1 rings (SSSR count). The van der Waals surface area contributed by atoms with Crippen LogP contribution in [0.5, 0.6) is 0 Å². The lowest BCUT2D eigenvalue weighted by molar-refractivity contribution is -0.125. The zero-order chi connectivity index (χ0) is 12.2. The van der Waals surface area contributed by atoms with Gasteiger partial charge in [-0.1, -0.05) is 67.0 Å². The summed E-state index contributed by atoms with van der Waals surface area (Å²) in [5.74, 6) is 0.281. The Hall–Kier alpha value is -0.630. The standard InChI is InChI=1S/C14H19BrO/c1-14(2,3)13(16)12(15)10-9-11-7-5-4-6-8-11/h4-8,12H,9-10H2,1-3H3. The molecule has 1 aromatic carbocycles. The minimum Gasteiger partial charge on any atom is -0.298 e. The molecule has 0 radical (unpaired) electrons. The molecule has 0 N–H and O–H groups in total. The van der Waals surface area contributed by atoms with E-state index in [1.807, 2.05) is 39.0 Å². The normalized spacial score (nSPS) is 13.5. The first kappa shape index (κ1) is 13.4. The number of benzene rings is 1. The predicted molar refractivity (Wildman–Crippen MR) is 71.9 cm³/mol. The van der Waals surface area contributed by atoms with Crippen LogP contribution < -0.4 is 0 Å². The summed E-state index contributed by atoms with van der Waals surface area (Å²) in [6, 6.07) is 10.3. The quantitative estimate of drug-likeness (QED) is 0.763. The van der Waals surface area contributed by atoms with Gasteiger partial charge in [0.15, 0.2) is 5.78 Å². The summed E-state index contributed by atoms with van der Waals surface area (Å²) < 4.78 is 0. The van der Waals surface area contributed by atoms with Crippen molar-refractivity contribution in [3.8, 4) is 0 Å². The second-order valence-electron chi connectivity index (χ2n) is 5.11. The first-order valence-corrected chi connectivity index (χ1v) is 6.55. The first-order valence-electron chi connectivity index (χ1n) is 5.63. The second kappa shape index (κ2) is 5.62. The molecular weight excluding hydrogens is 264 g/mol.